The summed E-state index contributed by atoms with van der Waals surface area (Å²) < 4.78 is 90.7. The number of rotatable bonds is 12. The van der Waals surface area contributed by atoms with Crippen molar-refractivity contribution >= 4 is 47.6 Å². The van der Waals surface area contributed by atoms with E-state index in [1.54, 1.807) is 53.7 Å². The summed E-state index contributed by atoms with van der Waals surface area (Å²) in [6.07, 6.45) is -0.837. The second-order valence-corrected chi connectivity index (χ2v) is 19.0. The van der Waals surface area contributed by atoms with Crippen molar-refractivity contribution in [2.75, 3.05) is 36.0 Å². The van der Waals surface area contributed by atoms with Crippen molar-refractivity contribution in [1.29, 1.82) is 10.5 Å². The van der Waals surface area contributed by atoms with Crippen molar-refractivity contribution in [3.05, 3.63) is 149 Å². The topological polar surface area (TPSA) is 208 Å². The van der Waals surface area contributed by atoms with Gasteiger partial charge >= 0.3 is 19.5 Å². The normalized spacial score (nSPS) is 17.2. The van der Waals surface area contributed by atoms with Crippen molar-refractivity contribution < 1.29 is 45.2 Å². The largest absolute Gasteiger partial charge is 0.494 e. The van der Waals surface area contributed by atoms with Gasteiger partial charge in [-0.3, -0.25) is 19.6 Å². The van der Waals surface area contributed by atoms with Gasteiger partial charge in [0.1, 0.15) is 28.9 Å². The summed E-state index contributed by atoms with van der Waals surface area (Å²) in [5.41, 5.74) is 4.09. The predicted molar refractivity (Wildman–Crippen MR) is 270 cm³/mol. The van der Waals surface area contributed by atoms with Crippen LogP contribution < -0.4 is 25.9 Å². The number of pyridine rings is 2. The van der Waals surface area contributed by atoms with Crippen molar-refractivity contribution in [2.45, 2.75) is 89.0 Å². The summed E-state index contributed by atoms with van der Waals surface area (Å²) in [5, 5.41) is 22.9. The molecular weight excluding hydrogens is 1020 g/mol. The number of benzene rings is 2. The van der Waals surface area contributed by atoms with E-state index in [9.17, 15) is 35.9 Å². The number of halogens is 7. The first-order valence-electron chi connectivity index (χ1n) is 23.9. The van der Waals surface area contributed by atoms with Crippen LogP contribution in [0.2, 0.25) is 5.15 Å². The number of amides is 2. The van der Waals surface area contributed by atoms with Gasteiger partial charge in [0.05, 0.1) is 40.2 Å². The molecule has 24 heteroatoms. The Morgan fingerprint density at radius 3 is 1.49 bits per heavy atom. The van der Waals surface area contributed by atoms with Crippen molar-refractivity contribution in [2.24, 2.45) is 0 Å². The maximum absolute atomic E-state index is 13.4. The smallest absolute Gasteiger partial charge is 0.399 e. The minimum atomic E-state index is -4.72. The zero-order chi connectivity index (χ0) is 54.8. The molecule has 2 amide bonds. The summed E-state index contributed by atoms with van der Waals surface area (Å²) in [6.45, 7) is 9.75. The first kappa shape index (κ1) is 56.0. The van der Waals surface area contributed by atoms with E-state index in [0.29, 0.717) is 68.6 Å². The molecule has 0 bridgehead atoms. The molecule has 9 rings (SSSR count). The molecule has 3 fully saturated rings. The standard InChI is InChI=1S/C23H19F3N6O.C18H15ClF3N5O.C11H16BNO2/c24-23(25,26)22-30-18(17-6-9-28-10-7-17)13-20(31-22)32-12-8-19(32)21(33)29-11-5-15-1-3-16(14-27)4-2-15;19-14-9-15(26-17(25-14)18(20,21)22)27-8-6-13(27)16(28)24-7-5-11-1-3-12(10-23)4-2-11;1-10(2)11(3,4)15-12(14-10)9-5-7-13-8-6-9/h1-4,6-7,9-10,13,19H,5,8,11-12H2,(H,29,33);1-4,9,13H,5-8H2,(H,24,28);5-8H,1-4H3/t19-;13-;/m00./s1. The average Bonchev–Trinajstić information content (AvgIpc) is 3.61. The number of aromatic nitrogens is 6. The van der Waals surface area contributed by atoms with Gasteiger partial charge in [-0.15, -0.1) is 0 Å². The Morgan fingerprint density at radius 1 is 0.658 bits per heavy atom. The van der Waals surface area contributed by atoms with Crippen LogP contribution in [-0.2, 0) is 44.1 Å². The quantitative estimate of drug-likeness (QED) is 0.0684. The van der Waals surface area contributed by atoms with E-state index >= 15 is 0 Å². The Kier molecular flexibility index (Phi) is 17.6. The van der Waals surface area contributed by atoms with Crippen LogP contribution in [0, 0.1) is 22.7 Å². The number of carbonyl (C=O) groups is 2. The zero-order valence-electron chi connectivity index (χ0n) is 41.5. The highest BCUT2D eigenvalue weighted by molar-refractivity contribution is 6.62. The number of carbonyl (C=O) groups excluding carboxylic acids is 2. The molecule has 394 valence electrons. The molecule has 7 heterocycles. The Labute approximate surface area is 439 Å². The number of nitrogens with zero attached hydrogens (tertiary/aromatic N) is 10. The molecule has 2 N–H and O–H groups in total. The highest BCUT2D eigenvalue weighted by Gasteiger charge is 2.51. The van der Waals surface area contributed by atoms with Gasteiger partial charge in [-0.1, -0.05) is 35.9 Å². The van der Waals surface area contributed by atoms with Crippen LogP contribution in [0.15, 0.2) is 110 Å². The lowest BCUT2D eigenvalue weighted by Gasteiger charge is -2.40. The summed E-state index contributed by atoms with van der Waals surface area (Å²) in [4.78, 5) is 50.0. The molecule has 0 radical (unpaired) electrons. The fourth-order valence-corrected chi connectivity index (χ4v) is 7.99. The number of alkyl halides is 6. The van der Waals surface area contributed by atoms with Crippen LogP contribution in [0.1, 0.15) is 74.4 Å². The zero-order valence-corrected chi connectivity index (χ0v) is 42.3. The van der Waals surface area contributed by atoms with E-state index in [2.05, 4.69) is 40.5 Å². The van der Waals surface area contributed by atoms with Gasteiger partial charge in [-0.25, -0.2) is 19.9 Å². The number of hydrogen-bond acceptors (Lipinski definition) is 14. The molecule has 0 saturated carbocycles. The third-order valence-electron chi connectivity index (χ3n) is 12.9. The van der Waals surface area contributed by atoms with Gasteiger partial charge in [0, 0.05) is 68.7 Å². The molecule has 0 aliphatic carbocycles. The number of anilines is 2. The Hall–Kier alpha value is -7.73. The van der Waals surface area contributed by atoms with E-state index < -0.39 is 36.1 Å². The van der Waals surface area contributed by atoms with Crippen LogP contribution in [0.4, 0.5) is 38.0 Å². The minimum absolute atomic E-state index is 0.0224. The van der Waals surface area contributed by atoms with E-state index in [1.165, 1.54) is 29.4 Å². The lowest BCUT2D eigenvalue weighted by molar-refractivity contribution is -0.145. The fraction of sp³-hybridized carbons (Fsp3) is 0.346. The van der Waals surface area contributed by atoms with Gasteiger partial charge in [-0.2, -0.15) is 36.9 Å². The van der Waals surface area contributed by atoms with Crippen molar-refractivity contribution in [3.8, 4) is 23.4 Å². The predicted octanol–water partition coefficient (Wildman–Crippen LogP) is 7.71. The Bertz CT molecular complexity index is 3040. The van der Waals surface area contributed by atoms with Crippen LogP contribution >= 0.6 is 11.6 Å². The lowest BCUT2D eigenvalue weighted by Crippen LogP contribution is -2.57. The van der Waals surface area contributed by atoms with Crippen LogP contribution in [0.25, 0.3) is 11.3 Å². The average molecular weight is 1070 g/mol. The van der Waals surface area contributed by atoms with Crippen LogP contribution in [0.5, 0.6) is 0 Å². The molecule has 3 aliphatic heterocycles. The lowest BCUT2D eigenvalue weighted by atomic mass is 9.80. The molecule has 3 aliphatic rings. The molecule has 2 aromatic carbocycles. The summed E-state index contributed by atoms with van der Waals surface area (Å²) in [7, 11) is -0.280. The molecule has 3 saturated heterocycles. The third-order valence-corrected chi connectivity index (χ3v) is 13.1. The maximum Gasteiger partial charge on any atom is 0.494 e. The van der Waals surface area contributed by atoms with Gasteiger partial charge < -0.3 is 29.7 Å². The molecular formula is C52H50BClF6N12O4. The monoisotopic (exact) mass is 1070 g/mol. The number of nitrogens with one attached hydrogen (secondary N) is 2. The van der Waals surface area contributed by atoms with Gasteiger partial charge in [-0.05, 0) is 118 Å². The molecule has 2 atom stereocenters. The summed E-state index contributed by atoms with van der Waals surface area (Å²) >= 11 is 5.68. The maximum atomic E-state index is 13.4. The molecule has 76 heavy (non-hydrogen) atoms. The van der Waals surface area contributed by atoms with Crippen LogP contribution in [0.3, 0.4) is 0 Å². The van der Waals surface area contributed by atoms with Crippen molar-refractivity contribution in [3.63, 3.8) is 0 Å². The van der Waals surface area contributed by atoms with E-state index in [-0.39, 0.29) is 52.6 Å². The highest BCUT2D eigenvalue weighted by atomic mass is 35.5. The Balaban J connectivity index is 0.000000177. The highest BCUT2D eigenvalue weighted by Crippen LogP contribution is 2.37. The van der Waals surface area contributed by atoms with E-state index in [1.807, 2.05) is 76.2 Å². The van der Waals surface area contributed by atoms with Gasteiger partial charge in [0.15, 0.2) is 0 Å². The van der Waals surface area contributed by atoms with Crippen LogP contribution in [-0.4, -0.2) is 98.3 Å². The second-order valence-electron chi connectivity index (χ2n) is 18.6. The molecule has 0 spiro atoms. The summed E-state index contributed by atoms with van der Waals surface area (Å²) in [6, 6.07) is 26.6. The molecule has 0 unspecified atom stereocenters. The SMILES string of the molecule is CC1(C)OB(c2ccncc2)OC1(C)C.N#Cc1ccc(CCNC(=O)[C@@H]2CCN2c2cc(-c3ccncc3)nc(C(F)(F)F)n2)cc1.N#Cc1ccc(CCNC(=O)[C@@H]2CCN2c2cc(Cl)nc(C(F)(F)F)n2)cc1. The van der Waals surface area contributed by atoms with Crippen molar-refractivity contribution in [1.82, 2.24) is 40.5 Å². The first-order chi connectivity index (χ1) is 36.0. The second kappa shape index (κ2) is 23.9. The molecule has 6 aromatic rings. The van der Waals surface area contributed by atoms with E-state index in [0.717, 1.165) is 16.6 Å². The number of nitriles is 2. The van der Waals surface area contributed by atoms with Gasteiger partial charge in [0.2, 0.25) is 23.5 Å². The minimum Gasteiger partial charge on any atom is -0.399 e. The van der Waals surface area contributed by atoms with E-state index in [4.69, 9.17) is 31.4 Å². The number of hydrogen-bond donors (Lipinski definition) is 2. The third kappa shape index (κ3) is 14.1. The Morgan fingerprint density at radius 2 is 1.08 bits per heavy atom. The summed E-state index contributed by atoms with van der Waals surface area (Å²) in [5.74, 6) is -3.11. The molecule has 16 nitrogen and oxygen atoms in total. The fourth-order valence-electron chi connectivity index (χ4n) is 7.81. The molecule has 4 aromatic heterocycles. The van der Waals surface area contributed by atoms with Gasteiger partial charge in [0.25, 0.3) is 0 Å². The first-order valence-corrected chi connectivity index (χ1v) is 24.2.